The molecule has 2 aromatic carbocycles. The Morgan fingerprint density at radius 1 is 1.16 bits per heavy atom. The Morgan fingerprint density at radius 3 is 2.50 bits per heavy atom. The Balaban J connectivity index is 1.75. The van der Waals surface area contributed by atoms with Gasteiger partial charge in [0.15, 0.2) is 0 Å². The van der Waals surface area contributed by atoms with Crippen LogP contribution < -0.4 is 9.64 Å². The van der Waals surface area contributed by atoms with E-state index in [-0.39, 0.29) is 17.6 Å². The van der Waals surface area contributed by atoms with Crippen molar-refractivity contribution in [1.82, 2.24) is 9.97 Å². The van der Waals surface area contributed by atoms with Crippen LogP contribution in [0, 0.1) is 0 Å². The van der Waals surface area contributed by atoms with Gasteiger partial charge in [-0.2, -0.15) is 0 Å². The van der Waals surface area contributed by atoms with Crippen molar-refractivity contribution >= 4 is 23.5 Å². The van der Waals surface area contributed by atoms with Gasteiger partial charge in [0.05, 0.1) is 10.7 Å². The number of aromatic nitrogens is 2. The average molecular weight is 454 g/mol. The molecule has 0 spiro atoms. The van der Waals surface area contributed by atoms with Crippen molar-refractivity contribution in [3.63, 3.8) is 0 Å². The normalized spacial score (nSPS) is 11.3. The van der Waals surface area contributed by atoms with E-state index in [1.54, 1.807) is 6.07 Å². The molecule has 0 atom stereocenters. The monoisotopic (exact) mass is 453 g/mol. The molecule has 3 rings (SSSR count). The fourth-order valence-corrected chi connectivity index (χ4v) is 3.39. The Kier molecular flexibility index (Phi) is 7.36. The summed E-state index contributed by atoms with van der Waals surface area (Å²) in [5.41, 5.74) is 2.56. The van der Waals surface area contributed by atoms with E-state index < -0.39 is 5.97 Å². The molecular weight excluding hydrogens is 426 g/mol. The quantitative estimate of drug-likeness (QED) is 0.493. The van der Waals surface area contributed by atoms with Gasteiger partial charge in [-0.25, -0.2) is 14.8 Å². The molecule has 0 aliphatic carbocycles. The van der Waals surface area contributed by atoms with Crippen LogP contribution in [0.15, 0.2) is 54.7 Å². The second-order valence-corrected chi connectivity index (χ2v) is 9.08. The molecule has 168 valence electrons. The van der Waals surface area contributed by atoms with Crippen LogP contribution in [0.2, 0.25) is 5.02 Å². The number of anilines is 1. The minimum atomic E-state index is -1.10. The minimum absolute atomic E-state index is 0.00708. The van der Waals surface area contributed by atoms with Crippen molar-refractivity contribution < 1.29 is 14.6 Å². The van der Waals surface area contributed by atoms with Gasteiger partial charge in [-0.3, -0.25) is 0 Å². The predicted molar refractivity (Wildman–Crippen MR) is 127 cm³/mol. The van der Waals surface area contributed by atoms with E-state index >= 15 is 0 Å². The highest BCUT2D eigenvalue weighted by atomic mass is 35.5. The summed E-state index contributed by atoms with van der Waals surface area (Å²) < 4.78 is 5.84. The van der Waals surface area contributed by atoms with Gasteiger partial charge in [0.2, 0.25) is 5.95 Å². The number of carboxylic acid groups (broad SMARTS) is 1. The van der Waals surface area contributed by atoms with Gasteiger partial charge >= 0.3 is 5.97 Å². The summed E-state index contributed by atoms with van der Waals surface area (Å²) in [7, 11) is 1.88. The highest BCUT2D eigenvalue weighted by Crippen LogP contribution is 2.31. The number of ether oxygens (including phenoxy) is 1. The molecule has 3 aromatic rings. The number of hydrogen-bond acceptors (Lipinski definition) is 5. The van der Waals surface area contributed by atoms with Gasteiger partial charge < -0.3 is 14.7 Å². The van der Waals surface area contributed by atoms with E-state index in [0.29, 0.717) is 29.0 Å². The van der Waals surface area contributed by atoms with Gasteiger partial charge in [-0.1, -0.05) is 68.8 Å². The van der Waals surface area contributed by atoms with Crippen molar-refractivity contribution in [2.75, 3.05) is 18.5 Å². The summed E-state index contributed by atoms with van der Waals surface area (Å²) in [5.74, 6) is -0.177. The number of benzene rings is 2. The standard InChI is InChI=1S/C25H28ClN3O3/c1-25(2,3)18-10-11-22(20(26)14-18)32-16-21-19(23(30)31)15-27-24(28-21)29(4)13-12-17-8-6-5-7-9-17/h5-11,14-15H,12-13,16H2,1-4H3,(H,30,31). The number of rotatable bonds is 8. The van der Waals surface area contributed by atoms with E-state index in [1.165, 1.54) is 11.8 Å². The molecule has 0 aliphatic rings. The number of aromatic carboxylic acids is 1. The predicted octanol–water partition coefficient (Wildman–Crippen LogP) is 5.38. The highest BCUT2D eigenvalue weighted by molar-refractivity contribution is 6.32. The third kappa shape index (κ3) is 5.98. The molecule has 0 aliphatic heterocycles. The maximum absolute atomic E-state index is 11.7. The lowest BCUT2D eigenvalue weighted by Crippen LogP contribution is -2.24. The molecule has 0 saturated heterocycles. The van der Waals surface area contributed by atoms with Crippen molar-refractivity contribution in [2.45, 2.75) is 39.2 Å². The number of likely N-dealkylation sites (N-methyl/N-ethyl adjacent to an activating group) is 1. The number of halogens is 1. The lowest BCUT2D eigenvalue weighted by molar-refractivity contribution is 0.0692. The third-order valence-electron chi connectivity index (χ3n) is 5.17. The van der Waals surface area contributed by atoms with Crippen molar-refractivity contribution in [2.24, 2.45) is 0 Å². The van der Waals surface area contributed by atoms with E-state index in [2.05, 4.69) is 42.9 Å². The van der Waals surface area contributed by atoms with Crippen molar-refractivity contribution in [3.8, 4) is 5.75 Å². The SMILES string of the molecule is CN(CCc1ccccc1)c1ncc(C(=O)O)c(COc2ccc(C(C)(C)C)cc2Cl)n1. The topological polar surface area (TPSA) is 75.6 Å². The molecular formula is C25H28ClN3O3. The van der Waals surface area contributed by atoms with Crippen LogP contribution in [0.1, 0.15) is 48.0 Å². The zero-order valence-electron chi connectivity index (χ0n) is 18.8. The fraction of sp³-hybridized carbons (Fsp3) is 0.320. The van der Waals surface area contributed by atoms with E-state index in [9.17, 15) is 9.90 Å². The Bertz CT molecular complexity index is 1080. The second-order valence-electron chi connectivity index (χ2n) is 8.68. The van der Waals surface area contributed by atoms with Crippen LogP contribution in [0.5, 0.6) is 5.75 Å². The summed E-state index contributed by atoms with van der Waals surface area (Å²) in [5, 5.41) is 10.0. The van der Waals surface area contributed by atoms with Gasteiger partial charge in [0.1, 0.15) is 17.9 Å². The van der Waals surface area contributed by atoms with Crippen LogP contribution in [0.3, 0.4) is 0 Å². The third-order valence-corrected chi connectivity index (χ3v) is 5.46. The Hall–Kier alpha value is -3.12. The Labute approximate surface area is 193 Å². The molecule has 0 saturated carbocycles. The smallest absolute Gasteiger partial charge is 0.339 e. The van der Waals surface area contributed by atoms with E-state index in [4.69, 9.17) is 16.3 Å². The maximum Gasteiger partial charge on any atom is 0.339 e. The molecule has 0 unspecified atom stereocenters. The fourth-order valence-electron chi connectivity index (χ4n) is 3.15. The summed E-state index contributed by atoms with van der Waals surface area (Å²) >= 11 is 6.40. The summed E-state index contributed by atoms with van der Waals surface area (Å²) in [6, 6.07) is 15.8. The van der Waals surface area contributed by atoms with Crippen molar-refractivity contribution in [1.29, 1.82) is 0 Å². The highest BCUT2D eigenvalue weighted by Gasteiger charge is 2.18. The molecule has 7 heteroatoms. The van der Waals surface area contributed by atoms with Crippen molar-refractivity contribution in [3.05, 3.63) is 82.1 Å². The lowest BCUT2D eigenvalue weighted by atomic mass is 9.87. The van der Waals surface area contributed by atoms with Gasteiger partial charge in [-0.05, 0) is 35.1 Å². The first kappa shape index (κ1) is 23.5. The van der Waals surface area contributed by atoms with Crippen LogP contribution >= 0.6 is 11.6 Å². The number of nitrogens with zero attached hydrogens (tertiary/aromatic N) is 3. The van der Waals surface area contributed by atoms with Crippen LogP contribution in [0.4, 0.5) is 5.95 Å². The molecule has 1 heterocycles. The summed E-state index contributed by atoms with van der Waals surface area (Å²) in [6.07, 6.45) is 2.15. The Morgan fingerprint density at radius 2 is 1.88 bits per heavy atom. The minimum Gasteiger partial charge on any atom is -0.486 e. The molecule has 0 amide bonds. The number of carboxylic acids is 1. The van der Waals surface area contributed by atoms with Gasteiger partial charge in [0, 0.05) is 19.8 Å². The average Bonchev–Trinajstić information content (AvgIpc) is 2.76. The first-order chi connectivity index (χ1) is 15.1. The number of carbonyl (C=O) groups is 1. The van der Waals surface area contributed by atoms with E-state index in [0.717, 1.165) is 12.0 Å². The molecule has 0 radical (unpaired) electrons. The second kappa shape index (κ2) is 10.0. The molecule has 6 nitrogen and oxygen atoms in total. The zero-order valence-corrected chi connectivity index (χ0v) is 19.6. The lowest BCUT2D eigenvalue weighted by Gasteiger charge is -2.20. The first-order valence-corrected chi connectivity index (χ1v) is 10.8. The van der Waals surface area contributed by atoms with Gasteiger partial charge in [-0.15, -0.1) is 0 Å². The maximum atomic E-state index is 11.7. The summed E-state index contributed by atoms with van der Waals surface area (Å²) in [4.78, 5) is 22.3. The molecule has 1 N–H and O–H groups in total. The van der Waals surface area contributed by atoms with Crippen LogP contribution in [0.25, 0.3) is 0 Å². The molecule has 1 aromatic heterocycles. The van der Waals surface area contributed by atoms with E-state index in [1.807, 2.05) is 42.3 Å². The van der Waals surface area contributed by atoms with Crippen LogP contribution in [-0.2, 0) is 18.4 Å². The number of hydrogen-bond donors (Lipinski definition) is 1. The summed E-state index contributed by atoms with van der Waals surface area (Å²) in [6.45, 7) is 6.98. The first-order valence-electron chi connectivity index (χ1n) is 10.4. The van der Waals surface area contributed by atoms with Gasteiger partial charge in [0.25, 0.3) is 0 Å². The largest absolute Gasteiger partial charge is 0.486 e. The molecule has 0 fully saturated rings. The molecule has 0 bridgehead atoms. The zero-order chi connectivity index (χ0) is 23.3. The van der Waals surface area contributed by atoms with Crippen LogP contribution in [-0.4, -0.2) is 34.6 Å². The molecule has 32 heavy (non-hydrogen) atoms.